The smallest absolute Gasteiger partial charge is 0.325 e. The van der Waals surface area contributed by atoms with Crippen LogP contribution in [-0.4, -0.2) is 87.4 Å². The number of nitrogens with zero attached hydrogens (tertiary/aromatic N) is 2. The fraction of sp³-hybridized carbons (Fsp3) is 0.857. The van der Waals surface area contributed by atoms with Gasteiger partial charge in [0.25, 0.3) is 0 Å². The van der Waals surface area contributed by atoms with Gasteiger partial charge in [-0.2, -0.15) is 0 Å². The van der Waals surface area contributed by atoms with E-state index in [0.717, 1.165) is 6.42 Å². The van der Waals surface area contributed by atoms with Gasteiger partial charge in [0.1, 0.15) is 6.04 Å². The Bertz CT molecular complexity index is 357. The highest BCUT2D eigenvalue weighted by molar-refractivity contribution is 5.76. The van der Waals surface area contributed by atoms with Crippen molar-refractivity contribution in [2.45, 2.75) is 18.9 Å². The van der Waals surface area contributed by atoms with Gasteiger partial charge in [-0.05, 0) is 13.0 Å². The van der Waals surface area contributed by atoms with E-state index in [-0.39, 0.29) is 17.9 Å². The summed E-state index contributed by atoms with van der Waals surface area (Å²) in [6.07, 6.45) is 1.24. The predicted octanol–water partition coefficient (Wildman–Crippen LogP) is -0.501. The number of hydrogen-bond acceptors (Lipinski definition) is 6. The number of morpholine rings is 2. The highest BCUT2D eigenvalue weighted by Crippen LogP contribution is 2.11. The summed E-state index contributed by atoms with van der Waals surface area (Å²) in [5.41, 5.74) is 0. The van der Waals surface area contributed by atoms with E-state index >= 15 is 0 Å². The molecule has 0 aliphatic carbocycles. The molecule has 1 unspecified atom stereocenters. The number of ether oxygens (including phenoxy) is 3. The molecule has 0 aromatic rings. The van der Waals surface area contributed by atoms with Gasteiger partial charge in [0.2, 0.25) is 5.91 Å². The van der Waals surface area contributed by atoms with Crippen molar-refractivity contribution in [2.75, 3.05) is 59.7 Å². The number of carbonyl (C=O) groups excluding carboxylic acids is 2. The molecular weight excluding hydrogens is 276 g/mol. The monoisotopic (exact) mass is 300 g/mol. The zero-order valence-electron chi connectivity index (χ0n) is 12.6. The summed E-state index contributed by atoms with van der Waals surface area (Å²) < 4.78 is 15.4. The Hall–Kier alpha value is -1.18. The van der Waals surface area contributed by atoms with Crippen molar-refractivity contribution >= 4 is 11.9 Å². The van der Waals surface area contributed by atoms with E-state index in [1.807, 2.05) is 9.80 Å². The predicted molar refractivity (Wildman–Crippen MR) is 74.8 cm³/mol. The molecule has 7 nitrogen and oxygen atoms in total. The van der Waals surface area contributed by atoms with Crippen LogP contribution in [0.15, 0.2) is 0 Å². The second kappa shape index (κ2) is 8.31. The number of esters is 1. The molecule has 0 aromatic heterocycles. The molecule has 7 heteroatoms. The minimum absolute atomic E-state index is 0.168. The summed E-state index contributed by atoms with van der Waals surface area (Å²) >= 11 is 0. The van der Waals surface area contributed by atoms with E-state index in [1.54, 1.807) is 0 Å². The lowest BCUT2D eigenvalue weighted by Gasteiger charge is -2.33. The van der Waals surface area contributed by atoms with Crippen molar-refractivity contribution < 1.29 is 23.8 Å². The lowest BCUT2D eigenvalue weighted by Crippen LogP contribution is -2.50. The Balaban J connectivity index is 1.73. The van der Waals surface area contributed by atoms with Gasteiger partial charge in [-0.1, -0.05) is 0 Å². The van der Waals surface area contributed by atoms with E-state index < -0.39 is 0 Å². The van der Waals surface area contributed by atoms with Crippen LogP contribution in [0.3, 0.4) is 0 Å². The molecular formula is C14H24N2O5. The molecule has 0 radical (unpaired) electrons. The quantitative estimate of drug-likeness (QED) is 0.638. The van der Waals surface area contributed by atoms with Crippen molar-refractivity contribution in [2.24, 2.45) is 0 Å². The fourth-order valence-electron chi connectivity index (χ4n) is 2.66. The first-order valence-electron chi connectivity index (χ1n) is 7.47. The van der Waals surface area contributed by atoms with Gasteiger partial charge >= 0.3 is 5.97 Å². The first kappa shape index (κ1) is 16.2. The third-order valence-electron chi connectivity index (χ3n) is 3.91. The summed E-state index contributed by atoms with van der Waals surface area (Å²) in [5.74, 6) is -0.101. The summed E-state index contributed by atoms with van der Waals surface area (Å²) in [6, 6.07) is -0.345. The lowest BCUT2D eigenvalue weighted by atomic mass is 10.2. The van der Waals surface area contributed by atoms with Crippen molar-refractivity contribution in [1.82, 2.24) is 9.80 Å². The van der Waals surface area contributed by atoms with E-state index in [4.69, 9.17) is 14.2 Å². The Labute approximate surface area is 125 Å². The molecule has 0 N–H and O–H groups in total. The maximum absolute atomic E-state index is 12.0. The molecule has 2 aliphatic heterocycles. The maximum atomic E-state index is 12.0. The van der Waals surface area contributed by atoms with Crippen LogP contribution in [0.5, 0.6) is 0 Å². The molecule has 0 spiro atoms. The van der Waals surface area contributed by atoms with Crippen LogP contribution in [-0.2, 0) is 23.8 Å². The molecule has 2 heterocycles. The molecule has 0 aromatic carbocycles. The van der Waals surface area contributed by atoms with Crippen LogP contribution in [0, 0.1) is 0 Å². The molecule has 1 atom stereocenters. The topological polar surface area (TPSA) is 68.3 Å². The third kappa shape index (κ3) is 4.66. The van der Waals surface area contributed by atoms with Gasteiger partial charge < -0.3 is 19.1 Å². The largest absolute Gasteiger partial charge is 0.468 e. The molecule has 0 saturated carbocycles. The van der Waals surface area contributed by atoms with Crippen molar-refractivity contribution in [3.63, 3.8) is 0 Å². The number of amides is 1. The Morgan fingerprint density at radius 3 is 2.57 bits per heavy atom. The minimum Gasteiger partial charge on any atom is -0.468 e. The lowest BCUT2D eigenvalue weighted by molar-refractivity contribution is -0.153. The molecule has 1 amide bonds. The van der Waals surface area contributed by atoms with Gasteiger partial charge in [-0.3, -0.25) is 14.5 Å². The highest BCUT2D eigenvalue weighted by atomic mass is 16.5. The van der Waals surface area contributed by atoms with Crippen LogP contribution in [0.4, 0.5) is 0 Å². The first-order chi connectivity index (χ1) is 10.2. The summed E-state index contributed by atoms with van der Waals surface area (Å²) in [4.78, 5) is 27.6. The number of hydrogen-bond donors (Lipinski definition) is 0. The van der Waals surface area contributed by atoms with Crippen LogP contribution in [0.2, 0.25) is 0 Å². The zero-order chi connectivity index (χ0) is 15.1. The fourth-order valence-corrected chi connectivity index (χ4v) is 2.66. The molecule has 0 bridgehead atoms. The van der Waals surface area contributed by atoms with Gasteiger partial charge in [-0.25, -0.2) is 0 Å². The van der Waals surface area contributed by atoms with Gasteiger partial charge in [-0.15, -0.1) is 0 Å². The average Bonchev–Trinajstić information content (AvgIpc) is 2.55. The van der Waals surface area contributed by atoms with Crippen LogP contribution >= 0.6 is 0 Å². The SMILES string of the molecule is COC(=O)C1COCCN1CCCC(=O)N1CCOCC1. The van der Waals surface area contributed by atoms with Crippen molar-refractivity contribution in [1.29, 1.82) is 0 Å². The Morgan fingerprint density at radius 1 is 1.14 bits per heavy atom. The van der Waals surface area contributed by atoms with Gasteiger partial charge in [0.05, 0.1) is 33.5 Å². The normalized spacial score (nSPS) is 23.9. The first-order valence-corrected chi connectivity index (χ1v) is 7.47. The summed E-state index contributed by atoms with van der Waals surface area (Å²) in [5, 5.41) is 0. The van der Waals surface area contributed by atoms with Crippen molar-refractivity contribution in [3.8, 4) is 0 Å². The van der Waals surface area contributed by atoms with Crippen molar-refractivity contribution in [3.05, 3.63) is 0 Å². The van der Waals surface area contributed by atoms with Crippen LogP contribution < -0.4 is 0 Å². The van der Waals surface area contributed by atoms with Crippen LogP contribution in [0.25, 0.3) is 0 Å². The molecule has 21 heavy (non-hydrogen) atoms. The van der Waals surface area contributed by atoms with Gasteiger partial charge in [0.15, 0.2) is 0 Å². The molecule has 2 fully saturated rings. The number of methoxy groups -OCH3 is 1. The molecule has 2 aliphatic rings. The Morgan fingerprint density at radius 2 is 1.86 bits per heavy atom. The summed E-state index contributed by atoms with van der Waals surface area (Å²) in [6.45, 7) is 5.00. The number of carbonyl (C=O) groups is 2. The maximum Gasteiger partial charge on any atom is 0.325 e. The standard InChI is InChI=1S/C14H24N2O5/c1-19-14(18)12-11-21-10-5-15(12)4-2-3-13(17)16-6-8-20-9-7-16/h12H,2-11H2,1H3. The van der Waals surface area contributed by atoms with E-state index in [0.29, 0.717) is 59.0 Å². The third-order valence-corrected chi connectivity index (χ3v) is 3.91. The second-order valence-electron chi connectivity index (χ2n) is 5.25. The van der Waals surface area contributed by atoms with E-state index in [1.165, 1.54) is 7.11 Å². The van der Waals surface area contributed by atoms with E-state index in [9.17, 15) is 9.59 Å². The molecule has 2 saturated heterocycles. The summed E-state index contributed by atoms with van der Waals surface area (Å²) in [7, 11) is 1.39. The highest BCUT2D eigenvalue weighted by Gasteiger charge is 2.30. The van der Waals surface area contributed by atoms with Crippen LogP contribution in [0.1, 0.15) is 12.8 Å². The average molecular weight is 300 g/mol. The Kier molecular flexibility index (Phi) is 6.41. The second-order valence-corrected chi connectivity index (χ2v) is 5.25. The van der Waals surface area contributed by atoms with E-state index in [2.05, 4.69) is 0 Å². The zero-order valence-corrected chi connectivity index (χ0v) is 12.6. The minimum atomic E-state index is -0.345. The number of rotatable bonds is 5. The molecule has 2 rings (SSSR count). The molecule has 120 valence electrons. The van der Waals surface area contributed by atoms with Gasteiger partial charge in [0, 0.05) is 26.1 Å².